The minimum absolute atomic E-state index is 0.0726. The van der Waals surface area contributed by atoms with Crippen LogP contribution in [0.15, 0.2) is 30.5 Å². The largest absolute Gasteiger partial charge is 0.364 e. The van der Waals surface area contributed by atoms with Gasteiger partial charge in [-0.1, -0.05) is 24.3 Å². The van der Waals surface area contributed by atoms with Crippen LogP contribution in [0.1, 0.15) is 22.5 Å². The standard InChI is InChI=1S/C15H19N3O2S/c1-11-8-16-12(2)15(18-11)17-9-13-4-6-14(7-5-13)10-21(3,19)20/h4-8H,9-10H2,1-3H3,(H,17,18). The molecule has 0 aliphatic carbocycles. The van der Waals surface area contributed by atoms with Crippen LogP contribution in [0.25, 0.3) is 0 Å². The van der Waals surface area contributed by atoms with Crippen LogP contribution in [0.4, 0.5) is 5.82 Å². The van der Waals surface area contributed by atoms with Gasteiger partial charge in [0.2, 0.25) is 0 Å². The minimum Gasteiger partial charge on any atom is -0.364 e. The molecular weight excluding hydrogens is 286 g/mol. The Hall–Kier alpha value is -1.95. The Labute approximate surface area is 125 Å². The van der Waals surface area contributed by atoms with Crippen LogP contribution in [0.3, 0.4) is 0 Å². The third-order valence-corrected chi connectivity index (χ3v) is 3.85. The van der Waals surface area contributed by atoms with E-state index in [0.717, 1.165) is 28.3 Å². The number of aromatic nitrogens is 2. The number of nitrogens with one attached hydrogen (secondary N) is 1. The van der Waals surface area contributed by atoms with Gasteiger partial charge in [0.15, 0.2) is 9.84 Å². The summed E-state index contributed by atoms with van der Waals surface area (Å²) in [5.74, 6) is 0.846. The summed E-state index contributed by atoms with van der Waals surface area (Å²) >= 11 is 0. The van der Waals surface area contributed by atoms with Crippen molar-refractivity contribution in [3.8, 4) is 0 Å². The lowest BCUT2D eigenvalue weighted by Gasteiger charge is -2.09. The lowest BCUT2D eigenvalue weighted by molar-refractivity contribution is 0.601. The quantitative estimate of drug-likeness (QED) is 0.917. The SMILES string of the molecule is Cc1cnc(C)c(NCc2ccc(CS(C)(=O)=O)cc2)n1. The zero-order chi connectivity index (χ0) is 15.5. The highest BCUT2D eigenvalue weighted by Crippen LogP contribution is 2.12. The molecule has 1 N–H and O–H groups in total. The molecule has 0 saturated carbocycles. The zero-order valence-electron chi connectivity index (χ0n) is 12.4. The zero-order valence-corrected chi connectivity index (χ0v) is 13.2. The van der Waals surface area contributed by atoms with Crippen molar-refractivity contribution < 1.29 is 8.42 Å². The topological polar surface area (TPSA) is 72.0 Å². The molecule has 5 nitrogen and oxygen atoms in total. The predicted octanol–water partition coefficient (Wildman–Crippen LogP) is 2.25. The van der Waals surface area contributed by atoms with Crippen molar-refractivity contribution in [3.05, 3.63) is 53.0 Å². The summed E-state index contributed by atoms with van der Waals surface area (Å²) in [6.07, 6.45) is 2.97. The fourth-order valence-corrected chi connectivity index (χ4v) is 2.74. The van der Waals surface area contributed by atoms with Crippen molar-refractivity contribution in [2.75, 3.05) is 11.6 Å². The highest BCUT2D eigenvalue weighted by Gasteiger charge is 2.05. The second-order valence-electron chi connectivity index (χ2n) is 5.19. The summed E-state index contributed by atoms with van der Waals surface area (Å²) in [6.45, 7) is 4.43. The van der Waals surface area contributed by atoms with Gasteiger partial charge in [-0.3, -0.25) is 4.98 Å². The number of benzene rings is 1. The minimum atomic E-state index is -2.99. The Morgan fingerprint density at radius 2 is 1.71 bits per heavy atom. The monoisotopic (exact) mass is 305 g/mol. The Morgan fingerprint density at radius 3 is 2.33 bits per heavy atom. The average Bonchev–Trinajstić information content (AvgIpc) is 2.40. The van der Waals surface area contributed by atoms with Crippen LogP contribution in [-0.4, -0.2) is 24.6 Å². The maximum absolute atomic E-state index is 11.2. The van der Waals surface area contributed by atoms with E-state index in [1.165, 1.54) is 6.26 Å². The van der Waals surface area contributed by atoms with Gasteiger partial charge in [0.1, 0.15) is 5.82 Å². The molecule has 21 heavy (non-hydrogen) atoms. The number of hydrogen-bond donors (Lipinski definition) is 1. The van der Waals surface area contributed by atoms with E-state index in [1.807, 2.05) is 38.1 Å². The Balaban J connectivity index is 2.02. The summed E-state index contributed by atoms with van der Waals surface area (Å²) in [7, 11) is -2.99. The highest BCUT2D eigenvalue weighted by molar-refractivity contribution is 7.89. The molecule has 0 amide bonds. The summed E-state index contributed by atoms with van der Waals surface area (Å²) < 4.78 is 22.5. The van der Waals surface area contributed by atoms with Crippen molar-refractivity contribution in [1.29, 1.82) is 0 Å². The van der Waals surface area contributed by atoms with E-state index in [-0.39, 0.29) is 5.75 Å². The Bertz CT molecular complexity index is 725. The first-order valence-electron chi connectivity index (χ1n) is 6.63. The number of rotatable bonds is 5. The van der Waals surface area contributed by atoms with Gasteiger partial charge >= 0.3 is 0 Å². The molecule has 0 atom stereocenters. The van der Waals surface area contributed by atoms with Gasteiger partial charge in [-0.25, -0.2) is 13.4 Å². The fourth-order valence-electron chi connectivity index (χ4n) is 1.95. The fraction of sp³-hybridized carbons (Fsp3) is 0.333. The molecule has 6 heteroatoms. The highest BCUT2D eigenvalue weighted by atomic mass is 32.2. The molecule has 1 heterocycles. The van der Waals surface area contributed by atoms with Crippen molar-refractivity contribution in [2.24, 2.45) is 0 Å². The second-order valence-corrected chi connectivity index (χ2v) is 7.33. The average molecular weight is 305 g/mol. The molecule has 112 valence electrons. The number of sulfone groups is 1. The van der Waals surface area contributed by atoms with Crippen molar-refractivity contribution in [2.45, 2.75) is 26.1 Å². The normalized spacial score (nSPS) is 11.4. The summed E-state index contributed by atoms with van der Waals surface area (Å²) in [5, 5.41) is 3.25. The predicted molar refractivity (Wildman–Crippen MR) is 83.8 cm³/mol. The lowest BCUT2D eigenvalue weighted by atomic mass is 10.1. The van der Waals surface area contributed by atoms with Gasteiger partial charge in [-0.2, -0.15) is 0 Å². The summed E-state index contributed by atoms with van der Waals surface area (Å²) in [4.78, 5) is 8.65. The van der Waals surface area contributed by atoms with Crippen LogP contribution < -0.4 is 5.32 Å². The summed E-state index contributed by atoms with van der Waals surface area (Å²) in [6, 6.07) is 7.53. The van der Waals surface area contributed by atoms with E-state index < -0.39 is 9.84 Å². The smallest absolute Gasteiger partial charge is 0.151 e. The summed E-state index contributed by atoms with van der Waals surface area (Å²) in [5.41, 5.74) is 3.59. The van der Waals surface area contributed by atoms with Crippen LogP contribution in [-0.2, 0) is 22.1 Å². The molecule has 0 unspecified atom stereocenters. The number of nitrogens with zero attached hydrogens (tertiary/aromatic N) is 2. The molecule has 1 aromatic carbocycles. The first kappa shape index (κ1) is 15.4. The van der Waals surface area contributed by atoms with Gasteiger partial charge < -0.3 is 5.32 Å². The van der Waals surface area contributed by atoms with E-state index in [0.29, 0.717) is 6.54 Å². The van der Waals surface area contributed by atoms with Crippen LogP contribution >= 0.6 is 0 Å². The molecule has 0 aliphatic heterocycles. The molecule has 0 aliphatic rings. The van der Waals surface area contributed by atoms with Gasteiger partial charge in [0, 0.05) is 19.0 Å². The third kappa shape index (κ3) is 4.82. The van der Waals surface area contributed by atoms with Gasteiger partial charge in [-0.15, -0.1) is 0 Å². The number of anilines is 1. The molecule has 0 bridgehead atoms. The van der Waals surface area contributed by atoms with Crippen molar-refractivity contribution in [3.63, 3.8) is 0 Å². The van der Waals surface area contributed by atoms with E-state index >= 15 is 0 Å². The molecule has 0 spiro atoms. The first-order valence-corrected chi connectivity index (χ1v) is 8.69. The molecule has 0 fully saturated rings. The lowest BCUT2D eigenvalue weighted by Crippen LogP contribution is -2.06. The Kier molecular flexibility index (Phi) is 4.57. The number of aryl methyl sites for hydroxylation is 2. The van der Waals surface area contributed by atoms with Gasteiger partial charge in [0.25, 0.3) is 0 Å². The van der Waals surface area contributed by atoms with Crippen LogP contribution in [0.2, 0.25) is 0 Å². The maximum atomic E-state index is 11.2. The molecule has 0 radical (unpaired) electrons. The molecule has 0 saturated heterocycles. The molecule has 2 aromatic rings. The van der Waals surface area contributed by atoms with Gasteiger partial charge in [-0.05, 0) is 25.0 Å². The van der Waals surface area contributed by atoms with E-state index in [9.17, 15) is 8.42 Å². The third-order valence-electron chi connectivity index (χ3n) is 2.99. The van der Waals surface area contributed by atoms with E-state index in [1.54, 1.807) is 6.20 Å². The van der Waals surface area contributed by atoms with Gasteiger partial charge in [0.05, 0.1) is 17.1 Å². The first-order chi connectivity index (χ1) is 9.83. The molecule has 1 aromatic heterocycles. The van der Waals surface area contributed by atoms with Crippen LogP contribution in [0, 0.1) is 13.8 Å². The maximum Gasteiger partial charge on any atom is 0.151 e. The van der Waals surface area contributed by atoms with Crippen LogP contribution in [0.5, 0.6) is 0 Å². The van der Waals surface area contributed by atoms with E-state index in [2.05, 4.69) is 15.3 Å². The second kappa shape index (κ2) is 6.22. The number of hydrogen-bond acceptors (Lipinski definition) is 5. The molecular formula is C15H19N3O2S. The Morgan fingerprint density at radius 1 is 1.10 bits per heavy atom. The van der Waals surface area contributed by atoms with Crippen molar-refractivity contribution >= 4 is 15.7 Å². The van der Waals surface area contributed by atoms with E-state index in [4.69, 9.17) is 0 Å². The van der Waals surface area contributed by atoms with Crippen molar-refractivity contribution in [1.82, 2.24) is 9.97 Å². The molecule has 2 rings (SSSR count).